The summed E-state index contributed by atoms with van der Waals surface area (Å²) in [7, 11) is 2.07. The zero-order chi connectivity index (χ0) is 12.4. The highest BCUT2D eigenvalue weighted by molar-refractivity contribution is 5.92. The van der Waals surface area contributed by atoms with E-state index in [-0.39, 0.29) is 0 Å². The van der Waals surface area contributed by atoms with Crippen LogP contribution in [0.3, 0.4) is 0 Å². The minimum absolute atomic E-state index is 0.416. The lowest BCUT2D eigenvalue weighted by atomic mass is 10.1. The molecule has 0 fully saturated rings. The smallest absolute Gasteiger partial charge is 0.136 e. The van der Waals surface area contributed by atoms with E-state index in [4.69, 9.17) is 5.73 Å². The van der Waals surface area contributed by atoms with Crippen molar-refractivity contribution in [2.75, 3.05) is 11.9 Å². The van der Waals surface area contributed by atoms with E-state index in [1.807, 2.05) is 12.1 Å². The molecule has 0 aliphatic carbocycles. The monoisotopic (exact) mass is 229 g/mol. The summed E-state index contributed by atoms with van der Waals surface area (Å²) in [6, 6.07) is 10.8. The van der Waals surface area contributed by atoms with Crippen molar-refractivity contribution in [2.24, 2.45) is 5.73 Å². The molecule has 1 aromatic heterocycles. The van der Waals surface area contributed by atoms with Crippen molar-refractivity contribution in [1.29, 1.82) is 0 Å². The zero-order valence-electron chi connectivity index (χ0n) is 10.6. The van der Waals surface area contributed by atoms with Crippen molar-refractivity contribution in [1.82, 2.24) is 4.98 Å². The fraction of sp³-hybridized carbons (Fsp3) is 0.357. The molecule has 0 unspecified atom stereocenters. The lowest BCUT2D eigenvalue weighted by Gasteiger charge is -2.24. The molecular weight excluding hydrogens is 210 g/mol. The van der Waals surface area contributed by atoms with Gasteiger partial charge in [0.1, 0.15) is 5.82 Å². The van der Waals surface area contributed by atoms with Gasteiger partial charge in [-0.15, -0.1) is 0 Å². The third kappa shape index (κ3) is 2.24. The molecule has 0 radical (unpaired) electrons. The van der Waals surface area contributed by atoms with Gasteiger partial charge in [0.2, 0.25) is 0 Å². The third-order valence-electron chi connectivity index (χ3n) is 3.09. The Morgan fingerprint density at radius 2 is 2.00 bits per heavy atom. The van der Waals surface area contributed by atoms with Gasteiger partial charge in [0, 0.05) is 25.0 Å². The fourth-order valence-electron chi connectivity index (χ4n) is 1.85. The maximum absolute atomic E-state index is 5.70. The second-order valence-corrected chi connectivity index (χ2v) is 4.57. The first-order chi connectivity index (χ1) is 8.13. The molecule has 2 rings (SSSR count). The summed E-state index contributed by atoms with van der Waals surface area (Å²) in [6.45, 7) is 4.79. The zero-order valence-corrected chi connectivity index (χ0v) is 10.6. The molecule has 2 N–H and O–H groups in total. The number of nitrogens with zero attached hydrogens (tertiary/aromatic N) is 2. The van der Waals surface area contributed by atoms with Crippen LogP contribution in [0.1, 0.15) is 19.5 Å². The molecule has 1 heterocycles. The van der Waals surface area contributed by atoms with Crippen molar-refractivity contribution >= 4 is 16.6 Å². The fourth-order valence-corrected chi connectivity index (χ4v) is 1.85. The van der Waals surface area contributed by atoms with E-state index < -0.39 is 0 Å². The lowest BCUT2D eigenvalue weighted by molar-refractivity contribution is 0.743. The Balaban J connectivity index is 2.66. The Morgan fingerprint density at radius 1 is 1.29 bits per heavy atom. The normalized spacial score (nSPS) is 11.1. The summed E-state index contributed by atoms with van der Waals surface area (Å²) in [5, 5.41) is 2.38. The Labute approximate surface area is 102 Å². The molecule has 3 heteroatoms. The molecule has 0 amide bonds. The summed E-state index contributed by atoms with van der Waals surface area (Å²) in [4.78, 5) is 6.82. The number of aromatic nitrogens is 1. The molecule has 0 bridgehead atoms. The summed E-state index contributed by atoms with van der Waals surface area (Å²) in [5.41, 5.74) is 6.64. The SMILES string of the molecule is CC(C)N(C)c1nc(CN)cc2ccccc12. The third-order valence-corrected chi connectivity index (χ3v) is 3.09. The molecule has 17 heavy (non-hydrogen) atoms. The highest BCUT2D eigenvalue weighted by Gasteiger charge is 2.11. The number of hydrogen-bond acceptors (Lipinski definition) is 3. The number of hydrogen-bond donors (Lipinski definition) is 1. The number of rotatable bonds is 3. The molecule has 0 aliphatic rings. The van der Waals surface area contributed by atoms with Gasteiger partial charge in [-0.25, -0.2) is 4.98 Å². The largest absolute Gasteiger partial charge is 0.357 e. The van der Waals surface area contributed by atoms with Crippen molar-refractivity contribution in [3.63, 3.8) is 0 Å². The number of pyridine rings is 1. The van der Waals surface area contributed by atoms with Crippen LogP contribution >= 0.6 is 0 Å². The molecule has 0 saturated carbocycles. The predicted octanol–water partition coefficient (Wildman–Crippen LogP) is 2.54. The maximum atomic E-state index is 5.70. The number of fused-ring (bicyclic) bond motifs is 1. The van der Waals surface area contributed by atoms with E-state index in [9.17, 15) is 0 Å². The molecular formula is C14H19N3. The van der Waals surface area contributed by atoms with Crippen LogP contribution in [-0.2, 0) is 6.54 Å². The van der Waals surface area contributed by atoms with E-state index in [1.165, 1.54) is 10.8 Å². The first-order valence-electron chi connectivity index (χ1n) is 5.95. The van der Waals surface area contributed by atoms with E-state index in [0.717, 1.165) is 11.5 Å². The summed E-state index contributed by atoms with van der Waals surface area (Å²) in [5.74, 6) is 1.01. The second-order valence-electron chi connectivity index (χ2n) is 4.57. The summed E-state index contributed by atoms with van der Waals surface area (Å²) >= 11 is 0. The molecule has 90 valence electrons. The topological polar surface area (TPSA) is 42.2 Å². The van der Waals surface area contributed by atoms with Crippen LogP contribution in [0.15, 0.2) is 30.3 Å². The van der Waals surface area contributed by atoms with Gasteiger partial charge in [-0.1, -0.05) is 24.3 Å². The first kappa shape index (κ1) is 11.9. The van der Waals surface area contributed by atoms with Gasteiger partial charge in [0.25, 0.3) is 0 Å². The van der Waals surface area contributed by atoms with Gasteiger partial charge in [-0.2, -0.15) is 0 Å². The van der Waals surface area contributed by atoms with E-state index in [0.29, 0.717) is 12.6 Å². The molecule has 0 spiro atoms. The average Bonchev–Trinajstić information content (AvgIpc) is 2.36. The number of anilines is 1. The van der Waals surface area contributed by atoms with Crippen molar-refractivity contribution in [3.8, 4) is 0 Å². The van der Waals surface area contributed by atoms with Gasteiger partial charge < -0.3 is 10.6 Å². The Morgan fingerprint density at radius 3 is 2.65 bits per heavy atom. The van der Waals surface area contributed by atoms with Crippen LogP contribution in [-0.4, -0.2) is 18.1 Å². The molecule has 0 saturated heterocycles. The van der Waals surface area contributed by atoms with E-state index in [1.54, 1.807) is 0 Å². The summed E-state index contributed by atoms with van der Waals surface area (Å²) in [6.07, 6.45) is 0. The van der Waals surface area contributed by atoms with Crippen LogP contribution in [0.4, 0.5) is 5.82 Å². The van der Waals surface area contributed by atoms with Gasteiger partial charge in [0.15, 0.2) is 0 Å². The molecule has 0 atom stereocenters. The van der Waals surface area contributed by atoms with Crippen molar-refractivity contribution in [2.45, 2.75) is 26.4 Å². The summed E-state index contributed by atoms with van der Waals surface area (Å²) < 4.78 is 0. The standard InChI is InChI=1S/C14H19N3/c1-10(2)17(3)14-13-7-5-4-6-11(13)8-12(9-15)16-14/h4-8,10H,9,15H2,1-3H3. The van der Waals surface area contributed by atoms with Crippen molar-refractivity contribution in [3.05, 3.63) is 36.0 Å². The number of nitrogens with two attached hydrogens (primary N) is 1. The minimum atomic E-state index is 0.416. The van der Waals surface area contributed by atoms with Crippen LogP contribution < -0.4 is 10.6 Å². The number of benzene rings is 1. The molecule has 1 aromatic carbocycles. The molecule has 3 nitrogen and oxygen atoms in total. The average molecular weight is 229 g/mol. The predicted molar refractivity (Wildman–Crippen MR) is 73.2 cm³/mol. The Bertz CT molecular complexity index is 520. The van der Waals surface area contributed by atoms with Crippen molar-refractivity contribution < 1.29 is 0 Å². The molecule has 2 aromatic rings. The van der Waals surface area contributed by atoms with E-state index in [2.05, 4.69) is 49.0 Å². The highest BCUT2D eigenvalue weighted by atomic mass is 15.2. The lowest BCUT2D eigenvalue weighted by Crippen LogP contribution is -2.27. The van der Waals surface area contributed by atoms with Gasteiger partial charge >= 0.3 is 0 Å². The molecule has 0 aliphatic heterocycles. The van der Waals surface area contributed by atoms with Gasteiger partial charge in [-0.05, 0) is 25.3 Å². The van der Waals surface area contributed by atoms with Crippen LogP contribution in [0.25, 0.3) is 10.8 Å². The first-order valence-corrected chi connectivity index (χ1v) is 5.95. The Hall–Kier alpha value is -1.61. The second kappa shape index (κ2) is 4.72. The quantitative estimate of drug-likeness (QED) is 0.879. The van der Waals surface area contributed by atoms with Crippen LogP contribution in [0, 0.1) is 0 Å². The minimum Gasteiger partial charge on any atom is -0.357 e. The maximum Gasteiger partial charge on any atom is 0.136 e. The van der Waals surface area contributed by atoms with Crippen LogP contribution in [0.5, 0.6) is 0 Å². The van der Waals surface area contributed by atoms with Gasteiger partial charge in [0.05, 0.1) is 5.69 Å². The van der Waals surface area contributed by atoms with Gasteiger partial charge in [-0.3, -0.25) is 0 Å². The van der Waals surface area contributed by atoms with E-state index >= 15 is 0 Å². The highest BCUT2D eigenvalue weighted by Crippen LogP contribution is 2.25. The van der Waals surface area contributed by atoms with Crippen LogP contribution in [0.2, 0.25) is 0 Å². The Kier molecular flexibility index (Phi) is 3.29.